The summed E-state index contributed by atoms with van der Waals surface area (Å²) in [5.41, 5.74) is 3.52. The lowest BCUT2D eigenvalue weighted by Gasteiger charge is -2.09. The highest BCUT2D eigenvalue weighted by molar-refractivity contribution is 6.01. The molecule has 0 aliphatic rings. The van der Waals surface area contributed by atoms with Gasteiger partial charge in [0, 0.05) is 10.9 Å². The van der Waals surface area contributed by atoms with E-state index in [1.54, 1.807) is 31.2 Å². The first-order valence-electron chi connectivity index (χ1n) is 7.87. The molecule has 3 aromatic rings. The summed E-state index contributed by atoms with van der Waals surface area (Å²) in [4.78, 5) is 12.0. The summed E-state index contributed by atoms with van der Waals surface area (Å²) in [6, 6.07) is 20.3. The van der Waals surface area contributed by atoms with Crippen LogP contribution in [0.3, 0.4) is 0 Å². The number of phenols is 1. The van der Waals surface area contributed by atoms with E-state index < -0.39 is 0 Å². The maximum Gasteiger partial charge on any atom is 0.277 e. The van der Waals surface area contributed by atoms with Crippen LogP contribution in [0.2, 0.25) is 0 Å². The fourth-order valence-corrected chi connectivity index (χ4v) is 2.48. The molecule has 25 heavy (non-hydrogen) atoms. The minimum absolute atomic E-state index is 0.116. The third kappa shape index (κ3) is 3.95. The van der Waals surface area contributed by atoms with E-state index in [2.05, 4.69) is 10.5 Å². The average Bonchev–Trinajstić information content (AvgIpc) is 2.64. The zero-order chi connectivity index (χ0) is 17.6. The number of hydrazone groups is 1. The summed E-state index contributed by atoms with van der Waals surface area (Å²) in [7, 11) is 0. The van der Waals surface area contributed by atoms with Crippen molar-refractivity contribution in [1.82, 2.24) is 5.43 Å². The number of para-hydroxylation sites is 1. The molecular formula is C20H18N2O3. The predicted octanol–water partition coefficient (Wildman–Crippen LogP) is 3.46. The van der Waals surface area contributed by atoms with E-state index in [0.29, 0.717) is 17.0 Å². The fraction of sp³-hybridized carbons (Fsp3) is 0.100. The summed E-state index contributed by atoms with van der Waals surface area (Å²) in [5, 5.41) is 15.8. The number of fused-ring (bicyclic) bond motifs is 1. The van der Waals surface area contributed by atoms with Gasteiger partial charge in [0.25, 0.3) is 5.91 Å². The van der Waals surface area contributed by atoms with Gasteiger partial charge in [-0.3, -0.25) is 4.79 Å². The maximum absolute atomic E-state index is 12.0. The Bertz CT molecular complexity index is 930. The second kappa shape index (κ2) is 7.49. The van der Waals surface area contributed by atoms with Gasteiger partial charge in [0.1, 0.15) is 11.5 Å². The van der Waals surface area contributed by atoms with E-state index >= 15 is 0 Å². The minimum Gasteiger partial charge on any atom is -0.507 e. The molecule has 0 aliphatic heterocycles. The molecule has 0 aromatic heterocycles. The third-order valence-electron chi connectivity index (χ3n) is 3.75. The predicted molar refractivity (Wildman–Crippen MR) is 97.9 cm³/mol. The Labute approximate surface area is 145 Å². The van der Waals surface area contributed by atoms with Crippen LogP contribution in [0.15, 0.2) is 71.8 Å². The first kappa shape index (κ1) is 16.5. The number of ether oxygens (including phenoxy) is 1. The number of aromatic hydroxyl groups is 1. The van der Waals surface area contributed by atoms with Gasteiger partial charge in [-0.15, -0.1) is 0 Å². The third-order valence-corrected chi connectivity index (χ3v) is 3.75. The first-order chi connectivity index (χ1) is 12.1. The zero-order valence-electron chi connectivity index (χ0n) is 13.8. The Morgan fingerprint density at radius 2 is 1.76 bits per heavy atom. The van der Waals surface area contributed by atoms with Crippen molar-refractivity contribution >= 4 is 22.4 Å². The Kier molecular flexibility index (Phi) is 4.95. The van der Waals surface area contributed by atoms with Crippen LogP contribution in [0.1, 0.15) is 12.5 Å². The van der Waals surface area contributed by atoms with Crippen LogP contribution in [0.5, 0.6) is 11.5 Å². The Balaban J connectivity index is 1.63. The first-order valence-corrected chi connectivity index (χ1v) is 7.87. The fourth-order valence-electron chi connectivity index (χ4n) is 2.48. The van der Waals surface area contributed by atoms with Gasteiger partial charge >= 0.3 is 0 Å². The van der Waals surface area contributed by atoms with Gasteiger partial charge in [0.05, 0.1) is 5.71 Å². The van der Waals surface area contributed by atoms with Gasteiger partial charge < -0.3 is 9.84 Å². The van der Waals surface area contributed by atoms with E-state index in [4.69, 9.17) is 4.74 Å². The lowest BCUT2D eigenvalue weighted by atomic mass is 10.1. The molecule has 0 atom stereocenters. The summed E-state index contributed by atoms with van der Waals surface area (Å²) < 4.78 is 5.61. The molecule has 126 valence electrons. The van der Waals surface area contributed by atoms with Crippen molar-refractivity contribution in [2.75, 3.05) is 6.61 Å². The van der Waals surface area contributed by atoms with Gasteiger partial charge in [-0.1, -0.05) is 48.5 Å². The van der Waals surface area contributed by atoms with Crippen molar-refractivity contribution in [2.24, 2.45) is 5.10 Å². The van der Waals surface area contributed by atoms with Crippen LogP contribution < -0.4 is 10.2 Å². The Hall–Kier alpha value is -3.34. The van der Waals surface area contributed by atoms with Gasteiger partial charge in [0.15, 0.2) is 6.61 Å². The molecule has 0 heterocycles. The number of carbonyl (C=O) groups excluding carboxylic acids is 1. The summed E-state index contributed by atoms with van der Waals surface area (Å²) in [5.74, 6) is 0.391. The molecule has 3 rings (SSSR count). The molecule has 0 unspecified atom stereocenters. The molecule has 0 spiro atoms. The minimum atomic E-state index is -0.372. The van der Waals surface area contributed by atoms with Crippen molar-refractivity contribution in [2.45, 2.75) is 6.92 Å². The largest absolute Gasteiger partial charge is 0.507 e. The maximum atomic E-state index is 12.0. The van der Waals surface area contributed by atoms with Crippen molar-refractivity contribution in [3.8, 4) is 11.5 Å². The van der Waals surface area contributed by atoms with E-state index in [-0.39, 0.29) is 18.3 Å². The van der Waals surface area contributed by atoms with E-state index in [0.717, 1.165) is 10.8 Å². The topological polar surface area (TPSA) is 70.9 Å². The molecule has 0 radical (unpaired) electrons. The number of carbonyl (C=O) groups is 1. The van der Waals surface area contributed by atoms with Crippen molar-refractivity contribution in [1.29, 1.82) is 0 Å². The molecular weight excluding hydrogens is 316 g/mol. The molecule has 0 saturated heterocycles. The van der Waals surface area contributed by atoms with Crippen LogP contribution >= 0.6 is 0 Å². The van der Waals surface area contributed by atoms with Gasteiger partial charge in [0.2, 0.25) is 0 Å². The normalized spacial score (nSPS) is 11.3. The SMILES string of the molecule is C/C(=N\NC(=O)COc1cccc2ccccc12)c1ccccc1O. The second-order valence-corrected chi connectivity index (χ2v) is 5.52. The molecule has 0 aliphatic carbocycles. The molecule has 0 saturated carbocycles. The number of phenolic OH excluding ortho intramolecular Hbond substituents is 1. The number of hydrogen-bond acceptors (Lipinski definition) is 4. The zero-order valence-corrected chi connectivity index (χ0v) is 13.8. The van der Waals surface area contributed by atoms with Crippen LogP contribution in [0.25, 0.3) is 10.8 Å². The summed E-state index contributed by atoms with van der Waals surface area (Å²) >= 11 is 0. The number of benzene rings is 3. The van der Waals surface area contributed by atoms with Crippen LogP contribution in [-0.2, 0) is 4.79 Å². The van der Waals surface area contributed by atoms with Crippen molar-refractivity contribution in [3.63, 3.8) is 0 Å². The van der Waals surface area contributed by atoms with E-state index in [1.165, 1.54) is 0 Å². The smallest absolute Gasteiger partial charge is 0.277 e. The molecule has 5 nitrogen and oxygen atoms in total. The Morgan fingerprint density at radius 3 is 2.60 bits per heavy atom. The van der Waals surface area contributed by atoms with E-state index in [1.807, 2.05) is 42.5 Å². The molecule has 2 N–H and O–H groups in total. The van der Waals surface area contributed by atoms with Crippen molar-refractivity contribution < 1.29 is 14.6 Å². The molecule has 5 heteroatoms. The molecule has 0 bridgehead atoms. The van der Waals surface area contributed by atoms with Gasteiger partial charge in [-0.05, 0) is 30.5 Å². The van der Waals surface area contributed by atoms with Crippen LogP contribution in [0.4, 0.5) is 0 Å². The number of nitrogens with one attached hydrogen (secondary N) is 1. The molecule has 0 fully saturated rings. The molecule has 1 amide bonds. The number of hydrogen-bond donors (Lipinski definition) is 2. The highest BCUT2D eigenvalue weighted by Crippen LogP contribution is 2.24. The highest BCUT2D eigenvalue weighted by Gasteiger charge is 2.07. The lowest BCUT2D eigenvalue weighted by molar-refractivity contribution is -0.123. The quantitative estimate of drug-likeness (QED) is 0.554. The number of amides is 1. The average molecular weight is 334 g/mol. The van der Waals surface area contributed by atoms with Gasteiger partial charge in [-0.2, -0.15) is 5.10 Å². The summed E-state index contributed by atoms with van der Waals surface area (Å²) in [6.45, 7) is 1.56. The highest BCUT2D eigenvalue weighted by atomic mass is 16.5. The van der Waals surface area contributed by atoms with Crippen LogP contribution in [-0.4, -0.2) is 23.3 Å². The number of rotatable bonds is 5. The number of nitrogens with zero attached hydrogens (tertiary/aromatic N) is 1. The standard InChI is InChI=1S/C20H18N2O3/c1-14(16-9-4-5-11-18(16)23)21-22-20(24)13-25-19-12-6-8-15-7-2-3-10-17(15)19/h2-12,23H,13H2,1H3,(H,22,24)/b21-14+. The lowest BCUT2D eigenvalue weighted by Crippen LogP contribution is -2.25. The van der Waals surface area contributed by atoms with Crippen LogP contribution in [0, 0.1) is 0 Å². The summed E-state index contributed by atoms with van der Waals surface area (Å²) in [6.07, 6.45) is 0. The monoisotopic (exact) mass is 334 g/mol. The molecule has 3 aromatic carbocycles. The second-order valence-electron chi connectivity index (χ2n) is 5.52. The van der Waals surface area contributed by atoms with Gasteiger partial charge in [-0.25, -0.2) is 5.43 Å². The van der Waals surface area contributed by atoms with E-state index in [9.17, 15) is 9.90 Å². The van der Waals surface area contributed by atoms with Crippen molar-refractivity contribution in [3.05, 3.63) is 72.3 Å². The Morgan fingerprint density at radius 1 is 1.04 bits per heavy atom.